The maximum absolute atomic E-state index is 3.84. The molecule has 0 saturated heterocycles. The number of benzene rings is 2. The van der Waals surface area contributed by atoms with Crippen molar-refractivity contribution >= 4 is 16.5 Å². The van der Waals surface area contributed by atoms with Gasteiger partial charge in [0.05, 0.1) is 0 Å². The average molecular weight is 181 g/mol. The summed E-state index contributed by atoms with van der Waals surface area (Å²) in [6, 6.07) is 12.9. The van der Waals surface area contributed by atoms with Gasteiger partial charge in [0.1, 0.15) is 0 Å². The van der Waals surface area contributed by atoms with E-state index >= 15 is 0 Å². The van der Waals surface area contributed by atoms with E-state index in [1.165, 1.54) is 22.0 Å². The van der Waals surface area contributed by atoms with Crippen LogP contribution in [0.4, 0.5) is 5.69 Å². The second-order valence-corrected chi connectivity index (χ2v) is 3.60. The Morgan fingerprint density at radius 1 is 1.14 bits per heavy atom. The summed E-state index contributed by atoms with van der Waals surface area (Å²) in [6.45, 7) is 4.80. The van der Waals surface area contributed by atoms with E-state index in [4.69, 9.17) is 0 Å². The van der Waals surface area contributed by atoms with Gasteiger partial charge in [0.25, 0.3) is 0 Å². The van der Waals surface area contributed by atoms with Gasteiger partial charge in [-0.25, -0.2) is 0 Å². The van der Waals surface area contributed by atoms with E-state index in [1.807, 2.05) is 6.20 Å². The number of hydrogen-bond donors (Lipinski definition) is 0. The minimum absolute atomic E-state index is 0.959. The number of anilines is 1. The first-order chi connectivity index (χ1) is 6.90. The van der Waals surface area contributed by atoms with Gasteiger partial charge in [-0.3, -0.25) is 0 Å². The van der Waals surface area contributed by atoms with Gasteiger partial charge in [-0.15, -0.1) is 0 Å². The van der Waals surface area contributed by atoms with Crippen molar-refractivity contribution in [3.63, 3.8) is 0 Å². The Morgan fingerprint density at radius 3 is 2.71 bits per heavy atom. The van der Waals surface area contributed by atoms with Crippen LogP contribution in [0.1, 0.15) is 5.56 Å². The zero-order valence-electron chi connectivity index (χ0n) is 7.90. The molecule has 14 heavy (non-hydrogen) atoms. The molecule has 0 radical (unpaired) electrons. The molecule has 0 bridgehead atoms. The van der Waals surface area contributed by atoms with Crippen molar-refractivity contribution in [1.82, 2.24) is 0 Å². The molecule has 0 unspecified atom stereocenters. The van der Waals surface area contributed by atoms with Gasteiger partial charge < -0.3 is 4.90 Å². The Labute approximate surface area is 83.3 Å². The Balaban J connectivity index is 2.43. The summed E-state index contributed by atoms with van der Waals surface area (Å²) in [6.07, 6.45) is 1.90. The lowest BCUT2D eigenvalue weighted by molar-refractivity contribution is 1.02. The highest BCUT2D eigenvalue weighted by Gasteiger charge is 2.17. The molecule has 68 valence electrons. The molecule has 0 spiro atoms. The fraction of sp³-hybridized carbons (Fsp3) is 0.0769. The molecular formula is C13H11N. The number of hydrogen-bond acceptors (Lipinski definition) is 1. The van der Waals surface area contributed by atoms with Crippen LogP contribution < -0.4 is 4.90 Å². The number of nitrogens with zero attached hydrogens (tertiary/aromatic N) is 1. The van der Waals surface area contributed by atoms with Crippen LogP contribution in [0, 0.1) is 0 Å². The largest absolute Gasteiger partial charge is 0.344 e. The van der Waals surface area contributed by atoms with Crippen LogP contribution >= 0.6 is 0 Å². The molecule has 0 fully saturated rings. The standard InChI is InChI=1S/C13H11N/c1-2-14-9-11-7-3-5-10-6-4-8-12(14)13(10)11/h2-8H,1,9H2. The second kappa shape index (κ2) is 2.61. The van der Waals surface area contributed by atoms with Crippen molar-refractivity contribution in [2.45, 2.75) is 6.54 Å². The third kappa shape index (κ3) is 0.841. The molecule has 1 aliphatic rings. The zero-order valence-corrected chi connectivity index (χ0v) is 7.90. The lowest BCUT2D eigenvalue weighted by Crippen LogP contribution is -2.08. The Morgan fingerprint density at radius 2 is 1.93 bits per heavy atom. The highest BCUT2D eigenvalue weighted by molar-refractivity contribution is 6.00. The molecule has 0 aliphatic carbocycles. The highest BCUT2D eigenvalue weighted by atomic mass is 15.1. The van der Waals surface area contributed by atoms with E-state index in [2.05, 4.69) is 47.9 Å². The molecular weight excluding hydrogens is 170 g/mol. The van der Waals surface area contributed by atoms with E-state index in [1.54, 1.807) is 0 Å². The van der Waals surface area contributed by atoms with Crippen molar-refractivity contribution in [3.8, 4) is 0 Å². The predicted molar refractivity (Wildman–Crippen MR) is 60.3 cm³/mol. The van der Waals surface area contributed by atoms with Gasteiger partial charge in [0.2, 0.25) is 0 Å². The summed E-state index contributed by atoms with van der Waals surface area (Å²) in [7, 11) is 0. The number of rotatable bonds is 1. The summed E-state index contributed by atoms with van der Waals surface area (Å²) in [4.78, 5) is 2.19. The van der Waals surface area contributed by atoms with E-state index in [0.717, 1.165) is 6.54 Å². The first-order valence-electron chi connectivity index (χ1n) is 4.80. The highest BCUT2D eigenvalue weighted by Crippen LogP contribution is 2.36. The fourth-order valence-corrected chi connectivity index (χ4v) is 2.20. The van der Waals surface area contributed by atoms with Crippen LogP contribution in [0.5, 0.6) is 0 Å². The van der Waals surface area contributed by atoms with Crippen molar-refractivity contribution in [2.24, 2.45) is 0 Å². The Bertz CT molecular complexity index is 508. The van der Waals surface area contributed by atoms with Crippen LogP contribution in [-0.2, 0) is 6.54 Å². The Hall–Kier alpha value is -1.76. The van der Waals surface area contributed by atoms with Gasteiger partial charge in [0.15, 0.2) is 0 Å². The van der Waals surface area contributed by atoms with E-state index in [-0.39, 0.29) is 0 Å². The van der Waals surface area contributed by atoms with E-state index < -0.39 is 0 Å². The third-order valence-corrected chi connectivity index (χ3v) is 2.84. The molecule has 2 aromatic rings. The molecule has 0 N–H and O–H groups in total. The maximum Gasteiger partial charge on any atom is 0.0492 e. The summed E-state index contributed by atoms with van der Waals surface area (Å²) in [5.41, 5.74) is 2.69. The first-order valence-corrected chi connectivity index (χ1v) is 4.80. The second-order valence-electron chi connectivity index (χ2n) is 3.60. The molecule has 0 amide bonds. The minimum Gasteiger partial charge on any atom is -0.344 e. The molecule has 2 aromatic carbocycles. The van der Waals surface area contributed by atoms with Crippen LogP contribution in [0.25, 0.3) is 10.8 Å². The molecule has 1 heterocycles. The van der Waals surface area contributed by atoms with Gasteiger partial charge >= 0.3 is 0 Å². The Kier molecular flexibility index (Phi) is 1.42. The quantitative estimate of drug-likeness (QED) is 0.652. The summed E-state index contributed by atoms with van der Waals surface area (Å²) in [5.74, 6) is 0. The van der Waals surface area contributed by atoms with Crippen LogP contribution in [0.3, 0.4) is 0 Å². The normalized spacial score (nSPS) is 13.6. The van der Waals surface area contributed by atoms with Crippen molar-refractivity contribution in [1.29, 1.82) is 0 Å². The van der Waals surface area contributed by atoms with E-state index in [0.29, 0.717) is 0 Å². The lowest BCUT2D eigenvalue weighted by atomic mass is 10.1. The molecule has 3 rings (SSSR count). The van der Waals surface area contributed by atoms with Gasteiger partial charge in [-0.05, 0) is 23.2 Å². The fourth-order valence-electron chi connectivity index (χ4n) is 2.20. The monoisotopic (exact) mass is 181 g/mol. The summed E-state index contributed by atoms with van der Waals surface area (Å²) in [5, 5.41) is 2.71. The lowest BCUT2D eigenvalue weighted by Gasteiger charge is -2.12. The third-order valence-electron chi connectivity index (χ3n) is 2.84. The summed E-state index contributed by atoms with van der Waals surface area (Å²) >= 11 is 0. The van der Waals surface area contributed by atoms with Gasteiger partial charge in [0, 0.05) is 17.6 Å². The smallest absolute Gasteiger partial charge is 0.0492 e. The van der Waals surface area contributed by atoms with Gasteiger partial charge in [-0.2, -0.15) is 0 Å². The first kappa shape index (κ1) is 7.63. The molecule has 1 aliphatic heterocycles. The molecule has 0 atom stereocenters. The zero-order chi connectivity index (χ0) is 9.54. The molecule has 1 heteroatoms. The van der Waals surface area contributed by atoms with Crippen molar-refractivity contribution in [3.05, 3.63) is 54.7 Å². The van der Waals surface area contributed by atoms with Crippen LogP contribution in [0.2, 0.25) is 0 Å². The van der Waals surface area contributed by atoms with Crippen LogP contribution in [-0.4, -0.2) is 0 Å². The molecule has 1 nitrogen and oxygen atoms in total. The topological polar surface area (TPSA) is 3.24 Å². The van der Waals surface area contributed by atoms with Gasteiger partial charge in [-0.1, -0.05) is 36.9 Å². The molecule has 0 saturated carbocycles. The maximum atomic E-state index is 3.84. The van der Waals surface area contributed by atoms with Crippen molar-refractivity contribution < 1.29 is 0 Å². The molecule has 0 aromatic heterocycles. The summed E-state index contributed by atoms with van der Waals surface area (Å²) < 4.78 is 0. The van der Waals surface area contributed by atoms with Crippen molar-refractivity contribution in [2.75, 3.05) is 4.90 Å². The van der Waals surface area contributed by atoms with E-state index in [9.17, 15) is 0 Å². The average Bonchev–Trinajstić information content (AvgIpc) is 2.60. The predicted octanol–water partition coefficient (Wildman–Crippen LogP) is 3.30. The minimum atomic E-state index is 0.959. The van der Waals surface area contributed by atoms with Crippen LogP contribution in [0.15, 0.2) is 49.2 Å². The SMILES string of the molecule is C=CN1Cc2cccc3cccc1c23.